The lowest BCUT2D eigenvalue weighted by atomic mass is 9.83. The first-order valence-electron chi connectivity index (χ1n) is 10.9. The van der Waals surface area contributed by atoms with E-state index >= 15 is 0 Å². The highest BCUT2D eigenvalue weighted by Gasteiger charge is 2.25. The molecular formula is C26H30N2. The van der Waals surface area contributed by atoms with Crippen molar-refractivity contribution in [1.82, 2.24) is 4.57 Å². The number of benzene rings is 2. The summed E-state index contributed by atoms with van der Waals surface area (Å²) in [6, 6.07) is 19.2. The van der Waals surface area contributed by atoms with Gasteiger partial charge in [0.15, 0.2) is 0 Å². The molecule has 2 aromatic carbocycles. The second kappa shape index (κ2) is 8.65. The highest BCUT2D eigenvalue weighted by molar-refractivity contribution is 5.86. The predicted molar refractivity (Wildman–Crippen MR) is 116 cm³/mol. The molecule has 3 aromatic rings. The molecule has 2 heteroatoms. The first-order valence-corrected chi connectivity index (χ1v) is 10.9. The molecule has 0 spiro atoms. The van der Waals surface area contributed by atoms with Gasteiger partial charge < -0.3 is 4.57 Å². The van der Waals surface area contributed by atoms with Crippen molar-refractivity contribution >= 4 is 10.9 Å². The maximum atomic E-state index is 9.06. The molecule has 0 fully saturated rings. The summed E-state index contributed by atoms with van der Waals surface area (Å²) in [7, 11) is 0. The molecule has 0 amide bonds. The van der Waals surface area contributed by atoms with Crippen molar-refractivity contribution in [1.29, 1.82) is 5.26 Å². The monoisotopic (exact) mass is 370 g/mol. The van der Waals surface area contributed by atoms with Crippen molar-refractivity contribution in [3.05, 3.63) is 70.9 Å². The Morgan fingerprint density at radius 3 is 2.64 bits per heavy atom. The lowest BCUT2D eigenvalue weighted by molar-refractivity contribution is 0.397. The summed E-state index contributed by atoms with van der Waals surface area (Å²) in [5.41, 5.74) is 6.50. The quantitative estimate of drug-likeness (QED) is 0.429. The van der Waals surface area contributed by atoms with Crippen LogP contribution in [0, 0.1) is 17.2 Å². The number of unbranched alkanes of at least 4 members (excludes halogenated alkanes) is 3. The van der Waals surface area contributed by atoms with Gasteiger partial charge in [-0.2, -0.15) is 5.26 Å². The van der Waals surface area contributed by atoms with Gasteiger partial charge in [0.2, 0.25) is 0 Å². The first-order chi connectivity index (χ1) is 13.8. The van der Waals surface area contributed by atoms with Crippen molar-refractivity contribution in [3.63, 3.8) is 0 Å². The number of nitriles is 1. The topological polar surface area (TPSA) is 28.7 Å². The van der Waals surface area contributed by atoms with Gasteiger partial charge in [0, 0.05) is 23.1 Å². The molecule has 1 aromatic heterocycles. The standard InChI is InChI=1S/C26H30N2/c1-2-3-4-5-8-20-15-16-24-23-9-6-7-10-25(23)28(26(24)17-20)19-22-13-11-21(18-27)12-14-22/h6-7,9-14,20H,2-5,8,15-17,19H2,1H3. The van der Waals surface area contributed by atoms with Gasteiger partial charge in [0.05, 0.1) is 11.6 Å². The molecule has 4 rings (SSSR count). The predicted octanol–water partition coefficient (Wildman–Crippen LogP) is 6.64. The molecule has 28 heavy (non-hydrogen) atoms. The number of aryl methyl sites for hydroxylation is 1. The average Bonchev–Trinajstić information content (AvgIpc) is 3.05. The minimum absolute atomic E-state index is 0.732. The van der Waals surface area contributed by atoms with Crippen LogP contribution in [0.3, 0.4) is 0 Å². The Bertz CT molecular complexity index is 972. The fourth-order valence-corrected chi connectivity index (χ4v) is 4.82. The van der Waals surface area contributed by atoms with Crippen LogP contribution >= 0.6 is 0 Å². The minimum Gasteiger partial charge on any atom is -0.340 e. The van der Waals surface area contributed by atoms with Crippen molar-refractivity contribution in [2.24, 2.45) is 5.92 Å². The number of nitrogens with zero attached hydrogens (tertiary/aromatic N) is 2. The van der Waals surface area contributed by atoms with E-state index in [1.165, 1.54) is 67.8 Å². The van der Waals surface area contributed by atoms with E-state index < -0.39 is 0 Å². The molecule has 0 radical (unpaired) electrons. The maximum Gasteiger partial charge on any atom is 0.0991 e. The molecule has 1 unspecified atom stereocenters. The third-order valence-electron chi connectivity index (χ3n) is 6.37. The summed E-state index contributed by atoms with van der Waals surface area (Å²) in [6.07, 6.45) is 10.6. The molecular weight excluding hydrogens is 340 g/mol. The van der Waals surface area contributed by atoms with Crippen LogP contribution in [0.5, 0.6) is 0 Å². The highest BCUT2D eigenvalue weighted by atomic mass is 15.0. The van der Waals surface area contributed by atoms with Crippen LogP contribution in [0.25, 0.3) is 10.9 Å². The summed E-state index contributed by atoms with van der Waals surface area (Å²) < 4.78 is 2.55. The lowest BCUT2D eigenvalue weighted by Crippen LogP contribution is -2.17. The minimum atomic E-state index is 0.732. The Morgan fingerprint density at radius 2 is 1.86 bits per heavy atom. The Labute approximate surface area is 168 Å². The van der Waals surface area contributed by atoms with Crippen LogP contribution < -0.4 is 0 Å². The second-order valence-corrected chi connectivity index (χ2v) is 8.30. The Kier molecular flexibility index (Phi) is 5.81. The molecule has 144 valence electrons. The number of hydrogen-bond acceptors (Lipinski definition) is 1. The van der Waals surface area contributed by atoms with Crippen LogP contribution in [0.4, 0.5) is 0 Å². The number of rotatable bonds is 7. The first kappa shape index (κ1) is 18.8. The zero-order valence-corrected chi connectivity index (χ0v) is 17.0. The zero-order chi connectivity index (χ0) is 19.3. The number of aromatic nitrogens is 1. The van der Waals surface area contributed by atoms with E-state index in [1.807, 2.05) is 12.1 Å². The molecule has 2 nitrogen and oxygen atoms in total. The van der Waals surface area contributed by atoms with Crippen LogP contribution in [0.2, 0.25) is 0 Å². The van der Waals surface area contributed by atoms with E-state index in [2.05, 4.69) is 54.0 Å². The SMILES string of the molecule is CCCCCCC1CCc2c(n(Cc3ccc(C#N)cc3)c3ccccc23)C1. The van der Waals surface area contributed by atoms with Crippen molar-refractivity contribution in [2.45, 2.75) is 64.8 Å². The van der Waals surface area contributed by atoms with E-state index in [4.69, 9.17) is 5.26 Å². The van der Waals surface area contributed by atoms with Gasteiger partial charge in [-0.15, -0.1) is 0 Å². The zero-order valence-electron chi connectivity index (χ0n) is 17.0. The van der Waals surface area contributed by atoms with Crippen LogP contribution in [-0.2, 0) is 19.4 Å². The molecule has 0 saturated carbocycles. The van der Waals surface area contributed by atoms with Crippen LogP contribution in [0.15, 0.2) is 48.5 Å². The molecule has 0 aliphatic heterocycles. The van der Waals surface area contributed by atoms with Gasteiger partial charge in [-0.05, 0) is 54.5 Å². The fraction of sp³-hybridized carbons (Fsp3) is 0.423. The Morgan fingerprint density at radius 1 is 1.04 bits per heavy atom. The van der Waals surface area contributed by atoms with Gasteiger partial charge >= 0.3 is 0 Å². The van der Waals surface area contributed by atoms with E-state index in [0.717, 1.165) is 18.0 Å². The van der Waals surface area contributed by atoms with Crippen molar-refractivity contribution in [2.75, 3.05) is 0 Å². The van der Waals surface area contributed by atoms with Gasteiger partial charge in [0.1, 0.15) is 0 Å². The highest BCUT2D eigenvalue weighted by Crippen LogP contribution is 2.36. The second-order valence-electron chi connectivity index (χ2n) is 8.30. The Balaban J connectivity index is 1.62. The summed E-state index contributed by atoms with van der Waals surface area (Å²) in [4.78, 5) is 0. The fourth-order valence-electron chi connectivity index (χ4n) is 4.82. The molecule has 1 aliphatic carbocycles. The normalized spacial score (nSPS) is 16.1. The maximum absolute atomic E-state index is 9.06. The number of hydrogen-bond donors (Lipinski definition) is 0. The van der Waals surface area contributed by atoms with Gasteiger partial charge in [-0.3, -0.25) is 0 Å². The molecule has 1 aliphatic rings. The van der Waals surface area contributed by atoms with E-state index in [-0.39, 0.29) is 0 Å². The van der Waals surface area contributed by atoms with Crippen LogP contribution in [0.1, 0.15) is 67.8 Å². The summed E-state index contributed by atoms with van der Waals surface area (Å²) in [5, 5.41) is 10.5. The van der Waals surface area contributed by atoms with Crippen molar-refractivity contribution < 1.29 is 0 Å². The third-order valence-corrected chi connectivity index (χ3v) is 6.37. The molecule has 0 saturated heterocycles. The van der Waals surface area contributed by atoms with Gasteiger partial charge in [-0.1, -0.05) is 69.4 Å². The van der Waals surface area contributed by atoms with Crippen LogP contribution in [-0.4, -0.2) is 4.57 Å². The van der Waals surface area contributed by atoms with Gasteiger partial charge in [0.25, 0.3) is 0 Å². The summed E-state index contributed by atoms with van der Waals surface area (Å²) in [6.45, 7) is 3.18. The largest absolute Gasteiger partial charge is 0.340 e. The summed E-state index contributed by atoms with van der Waals surface area (Å²) in [5.74, 6) is 0.827. The van der Waals surface area contributed by atoms with E-state index in [0.29, 0.717) is 0 Å². The molecule has 1 heterocycles. The molecule has 1 atom stereocenters. The smallest absolute Gasteiger partial charge is 0.0991 e. The molecule has 0 bridgehead atoms. The average molecular weight is 371 g/mol. The molecule has 0 N–H and O–H groups in total. The lowest BCUT2D eigenvalue weighted by Gasteiger charge is -2.24. The number of para-hydroxylation sites is 1. The third kappa shape index (κ3) is 3.85. The van der Waals surface area contributed by atoms with E-state index in [9.17, 15) is 0 Å². The van der Waals surface area contributed by atoms with Gasteiger partial charge in [-0.25, -0.2) is 0 Å². The summed E-state index contributed by atoms with van der Waals surface area (Å²) >= 11 is 0. The Hall–Kier alpha value is -2.53. The van der Waals surface area contributed by atoms with E-state index in [1.54, 1.807) is 11.3 Å². The van der Waals surface area contributed by atoms with Crippen molar-refractivity contribution in [3.8, 4) is 6.07 Å². The number of fused-ring (bicyclic) bond motifs is 3.